The van der Waals surface area contributed by atoms with Crippen LogP contribution in [-0.4, -0.2) is 11.1 Å². The SMILES string of the molecule is CC.CC/C(C)=C(\CCc1ccc(C(=O)O)cc1C(C)CCc1ccc(Br)cc1)Nc1cc(C)ccc1C. The fraction of sp³-hybridized carbons (Fsp3) is 0.382. The lowest BCUT2D eigenvalue weighted by Crippen LogP contribution is -2.09. The van der Waals surface area contributed by atoms with E-state index < -0.39 is 5.97 Å². The van der Waals surface area contributed by atoms with E-state index in [2.05, 4.69) is 98.3 Å². The number of carbonyl (C=O) groups is 1. The van der Waals surface area contributed by atoms with Crippen molar-refractivity contribution in [2.24, 2.45) is 0 Å². The van der Waals surface area contributed by atoms with Crippen LogP contribution in [-0.2, 0) is 12.8 Å². The first-order valence-electron chi connectivity index (χ1n) is 13.8. The Morgan fingerprint density at radius 2 is 1.66 bits per heavy atom. The van der Waals surface area contributed by atoms with Crippen LogP contribution in [0.25, 0.3) is 0 Å². The van der Waals surface area contributed by atoms with E-state index in [4.69, 9.17) is 0 Å². The molecule has 0 aromatic heterocycles. The first-order chi connectivity index (χ1) is 18.2. The zero-order valence-corrected chi connectivity index (χ0v) is 25.7. The summed E-state index contributed by atoms with van der Waals surface area (Å²) in [5.41, 5.74) is 10.3. The Kier molecular flexibility index (Phi) is 12.8. The van der Waals surface area contributed by atoms with Crippen molar-refractivity contribution in [3.05, 3.63) is 110 Å². The van der Waals surface area contributed by atoms with Crippen LogP contribution in [0.2, 0.25) is 0 Å². The summed E-state index contributed by atoms with van der Waals surface area (Å²) in [5.74, 6) is -0.614. The molecular weight excluding hydrogens is 534 g/mol. The fourth-order valence-electron chi connectivity index (χ4n) is 4.49. The zero-order valence-electron chi connectivity index (χ0n) is 24.1. The highest BCUT2D eigenvalue weighted by Gasteiger charge is 2.16. The maximum Gasteiger partial charge on any atom is 0.335 e. The van der Waals surface area contributed by atoms with Gasteiger partial charge in [0.05, 0.1) is 5.56 Å². The molecule has 0 aliphatic carbocycles. The summed E-state index contributed by atoms with van der Waals surface area (Å²) in [6.07, 6.45) is 4.66. The van der Waals surface area contributed by atoms with Crippen LogP contribution < -0.4 is 5.32 Å². The van der Waals surface area contributed by atoms with E-state index in [1.807, 2.05) is 26.0 Å². The molecule has 0 saturated heterocycles. The minimum atomic E-state index is -0.873. The summed E-state index contributed by atoms with van der Waals surface area (Å²) < 4.78 is 1.08. The minimum absolute atomic E-state index is 0.259. The van der Waals surface area contributed by atoms with E-state index >= 15 is 0 Å². The van der Waals surface area contributed by atoms with Crippen LogP contribution >= 0.6 is 15.9 Å². The number of hydrogen-bond donors (Lipinski definition) is 2. The standard InChI is InChI=1S/C32H38BrNO2.C2H6/c1-6-22(3)30(34-31-19-21(2)7-8-24(31)5)18-15-26-13-14-27(32(35)36)20-29(26)23(4)9-10-25-11-16-28(33)17-12-25;1-2/h7-8,11-14,16-17,19-20,23,34H,6,9-10,15,18H2,1-5H3,(H,35,36);1-2H3/b30-22+;. The van der Waals surface area contributed by atoms with E-state index in [0.29, 0.717) is 5.56 Å². The molecule has 0 amide bonds. The molecule has 3 aromatic rings. The second-order valence-electron chi connectivity index (χ2n) is 9.84. The Morgan fingerprint density at radius 1 is 0.974 bits per heavy atom. The van der Waals surface area contributed by atoms with Gasteiger partial charge < -0.3 is 10.4 Å². The molecule has 0 aliphatic heterocycles. The van der Waals surface area contributed by atoms with Gasteiger partial charge in [-0.3, -0.25) is 0 Å². The highest BCUT2D eigenvalue weighted by molar-refractivity contribution is 9.10. The second-order valence-corrected chi connectivity index (χ2v) is 10.8. The molecule has 0 spiro atoms. The van der Waals surface area contributed by atoms with Gasteiger partial charge in [0.25, 0.3) is 0 Å². The highest BCUT2D eigenvalue weighted by atomic mass is 79.9. The molecular formula is C34H44BrNO2. The molecule has 3 nitrogen and oxygen atoms in total. The van der Waals surface area contributed by atoms with Crippen molar-refractivity contribution in [1.29, 1.82) is 0 Å². The normalized spacial score (nSPS) is 12.2. The van der Waals surface area contributed by atoms with Crippen molar-refractivity contribution < 1.29 is 9.90 Å². The van der Waals surface area contributed by atoms with Crippen molar-refractivity contribution in [1.82, 2.24) is 0 Å². The lowest BCUT2D eigenvalue weighted by Gasteiger charge is -2.20. The van der Waals surface area contributed by atoms with E-state index in [1.54, 1.807) is 6.07 Å². The molecule has 0 bridgehead atoms. The summed E-state index contributed by atoms with van der Waals surface area (Å²) in [5, 5.41) is 13.3. The lowest BCUT2D eigenvalue weighted by molar-refractivity contribution is 0.0696. The number of anilines is 1. The number of aromatic carboxylic acids is 1. The van der Waals surface area contributed by atoms with Gasteiger partial charge in [0.1, 0.15) is 0 Å². The van der Waals surface area contributed by atoms with Crippen molar-refractivity contribution in [3.63, 3.8) is 0 Å². The number of carboxylic acids is 1. The molecule has 1 unspecified atom stereocenters. The van der Waals surface area contributed by atoms with Crippen molar-refractivity contribution in [2.75, 3.05) is 5.32 Å². The number of halogens is 1. The number of carboxylic acid groups (broad SMARTS) is 1. The van der Waals surface area contributed by atoms with Gasteiger partial charge in [0.15, 0.2) is 0 Å². The summed E-state index contributed by atoms with van der Waals surface area (Å²) in [6, 6.07) is 20.6. The van der Waals surface area contributed by atoms with Gasteiger partial charge in [-0.1, -0.05) is 79.5 Å². The van der Waals surface area contributed by atoms with Gasteiger partial charge in [0.2, 0.25) is 0 Å². The summed E-state index contributed by atoms with van der Waals surface area (Å²) in [7, 11) is 0. The number of aryl methyl sites for hydroxylation is 4. The molecule has 2 N–H and O–H groups in total. The third-order valence-corrected chi connectivity index (χ3v) is 7.60. The summed E-state index contributed by atoms with van der Waals surface area (Å²) >= 11 is 3.50. The van der Waals surface area contributed by atoms with E-state index in [9.17, 15) is 9.90 Å². The molecule has 204 valence electrons. The average Bonchev–Trinajstić information content (AvgIpc) is 2.92. The number of benzene rings is 3. The van der Waals surface area contributed by atoms with Gasteiger partial charge in [-0.15, -0.1) is 0 Å². The molecule has 0 heterocycles. The minimum Gasteiger partial charge on any atom is -0.478 e. The first kappa shape index (κ1) is 31.4. The van der Waals surface area contributed by atoms with E-state index in [1.165, 1.54) is 33.5 Å². The Labute approximate surface area is 238 Å². The van der Waals surface area contributed by atoms with E-state index in [0.717, 1.165) is 47.8 Å². The topological polar surface area (TPSA) is 49.3 Å². The Morgan fingerprint density at radius 3 is 2.29 bits per heavy atom. The molecule has 0 saturated carbocycles. The second kappa shape index (κ2) is 15.5. The Hall–Kier alpha value is -2.85. The van der Waals surface area contributed by atoms with Gasteiger partial charge in [0, 0.05) is 15.9 Å². The van der Waals surface area contributed by atoms with Crippen LogP contribution in [0.4, 0.5) is 5.69 Å². The predicted octanol–water partition coefficient (Wildman–Crippen LogP) is 10.3. The van der Waals surface area contributed by atoms with Gasteiger partial charge in [-0.25, -0.2) is 4.79 Å². The first-order valence-corrected chi connectivity index (χ1v) is 14.6. The average molecular weight is 579 g/mol. The molecule has 3 aromatic carbocycles. The van der Waals surface area contributed by atoms with Crippen LogP contribution in [0, 0.1) is 13.8 Å². The molecule has 38 heavy (non-hydrogen) atoms. The number of allylic oxidation sites excluding steroid dienone is 2. The maximum atomic E-state index is 11.7. The zero-order chi connectivity index (χ0) is 28.2. The fourth-order valence-corrected chi connectivity index (χ4v) is 4.76. The molecule has 0 fully saturated rings. The van der Waals surface area contributed by atoms with Crippen LogP contribution in [0.5, 0.6) is 0 Å². The van der Waals surface area contributed by atoms with Gasteiger partial charge in [-0.05, 0) is 117 Å². The van der Waals surface area contributed by atoms with Crippen molar-refractivity contribution in [2.45, 2.75) is 86.5 Å². The van der Waals surface area contributed by atoms with Gasteiger partial charge in [-0.2, -0.15) is 0 Å². The number of rotatable bonds is 11. The molecule has 3 rings (SSSR count). The quantitative estimate of drug-likeness (QED) is 0.238. The Bertz CT molecular complexity index is 1230. The van der Waals surface area contributed by atoms with Crippen LogP contribution in [0.1, 0.15) is 98.0 Å². The smallest absolute Gasteiger partial charge is 0.335 e. The molecule has 1 atom stereocenters. The van der Waals surface area contributed by atoms with Crippen LogP contribution in [0.15, 0.2) is 76.4 Å². The number of nitrogens with one attached hydrogen (secondary N) is 1. The molecule has 0 aliphatic rings. The maximum absolute atomic E-state index is 11.7. The third kappa shape index (κ3) is 9.16. The summed E-state index contributed by atoms with van der Waals surface area (Å²) in [6.45, 7) is 14.9. The monoisotopic (exact) mass is 577 g/mol. The largest absolute Gasteiger partial charge is 0.478 e. The van der Waals surface area contributed by atoms with Crippen molar-refractivity contribution in [3.8, 4) is 0 Å². The highest BCUT2D eigenvalue weighted by Crippen LogP contribution is 2.29. The predicted molar refractivity (Wildman–Crippen MR) is 166 cm³/mol. The summed E-state index contributed by atoms with van der Waals surface area (Å²) in [4.78, 5) is 11.7. The molecule has 0 radical (unpaired) electrons. The Balaban J connectivity index is 0.00000247. The van der Waals surface area contributed by atoms with Crippen molar-refractivity contribution >= 4 is 27.6 Å². The van der Waals surface area contributed by atoms with Gasteiger partial charge >= 0.3 is 5.97 Å². The number of hydrogen-bond acceptors (Lipinski definition) is 2. The lowest BCUT2D eigenvalue weighted by atomic mass is 9.87. The van der Waals surface area contributed by atoms with Crippen LogP contribution in [0.3, 0.4) is 0 Å². The van der Waals surface area contributed by atoms with E-state index in [-0.39, 0.29) is 5.92 Å². The molecule has 4 heteroatoms. The third-order valence-electron chi connectivity index (χ3n) is 7.07.